The lowest BCUT2D eigenvalue weighted by Crippen LogP contribution is -2.17. The number of hydrogen-bond donors (Lipinski definition) is 1. The molecule has 1 aromatic heterocycles. The molecule has 1 aromatic carbocycles. The van der Waals surface area contributed by atoms with Gasteiger partial charge in [0.1, 0.15) is 5.69 Å². The lowest BCUT2D eigenvalue weighted by Gasteiger charge is -1.96. The molecule has 2 aromatic rings. The van der Waals surface area contributed by atoms with Crippen LogP contribution in [0.3, 0.4) is 0 Å². The summed E-state index contributed by atoms with van der Waals surface area (Å²) in [6.07, 6.45) is 3.08. The lowest BCUT2D eigenvalue weighted by atomic mass is 10.3. The Labute approximate surface area is 112 Å². The summed E-state index contributed by atoms with van der Waals surface area (Å²) in [5.74, 6) is -0.399. The number of carbonyl (C=O) groups is 2. The molecule has 0 unspecified atom stereocenters. The molecular formula is C12H8N4O2S. The van der Waals surface area contributed by atoms with Crippen LogP contribution >= 0.6 is 11.8 Å². The smallest absolute Gasteiger partial charge is 0.282 e. The van der Waals surface area contributed by atoms with Gasteiger partial charge in [0, 0.05) is 0 Å². The van der Waals surface area contributed by atoms with Gasteiger partial charge in [-0.1, -0.05) is 18.2 Å². The highest BCUT2D eigenvalue weighted by Crippen LogP contribution is 2.24. The topological polar surface area (TPSA) is 76.9 Å². The number of nitrogens with one attached hydrogen (secondary N) is 1. The van der Waals surface area contributed by atoms with E-state index in [1.54, 1.807) is 0 Å². The fraction of sp³-hybridized carbons (Fsp3) is 0. The largest absolute Gasteiger partial charge is 0.290 e. The van der Waals surface area contributed by atoms with E-state index in [9.17, 15) is 9.59 Å². The van der Waals surface area contributed by atoms with Gasteiger partial charge in [-0.25, -0.2) is 0 Å². The van der Waals surface area contributed by atoms with Crippen molar-refractivity contribution in [1.82, 2.24) is 20.3 Å². The maximum absolute atomic E-state index is 11.4. The van der Waals surface area contributed by atoms with Crippen molar-refractivity contribution in [3.63, 3.8) is 0 Å². The standard InChI is InChI=1S/C12H8N4O2S/c17-11-10(19-12(18)14-11)6-8-7-13-16(15-8)9-4-2-1-3-5-9/h1-7H,(H,14,17,18). The van der Waals surface area contributed by atoms with Gasteiger partial charge in [-0.05, 0) is 30.0 Å². The van der Waals surface area contributed by atoms with Crippen LogP contribution in [-0.4, -0.2) is 26.1 Å². The second-order valence-corrected chi connectivity index (χ2v) is 4.76. The Morgan fingerprint density at radius 2 is 2.00 bits per heavy atom. The summed E-state index contributed by atoms with van der Waals surface area (Å²) in [6, 6.07) is 9.42. The van der Waals surface area contributed by atoms with Crippen LogP contribution in [0.15, 0.2) is 41.4 Å². The van der Waals surface area contributed by atoms with E-state index < -0.39 is 5.91 Å². The molecular weight excluding hydrogens is 264 g/mol. The Kier molecular flexibility index (Phi) is 2.88. The third-order valence-corrected chi connectivity index (χ3v) is 3.23. The first kappa shape index (κ1) is 11.7. The SMILES string of the molecule is O=C1NC(=O)C(=Cc2cnn(-c3ccccc3)n2)S1. The van der Waals surface area contributed by atoms with Crippen LogP contribution in [0.4, 0.5) is 4.79 Å². The maximum atomic E-state index is 11.4. The van der Waals surface area contributed by atoms with E-state index >= 15 is 0 Å². The van der Waals surface area contributed by atoms with Crippen LogP contribution in [0.2, 0.25) is 0 Å². The number of aromatic nitrogens is 3. The fourth-order valence-corrected chi connectivity index (χ4v) is 2.25. The van der Waals surface area contributed by atoms with Crippen LogP contribution < -0.4 is 5.32 Å². The van der Waals surface area contributed by atoms with Crippen molar-refractivity contribution in [1.29, 1.82) is 0 Å². The molecule has 7 heteroatoms. The summed E-state index contributed by atoms with van der Waals surface area (Å²) in [5, 5.41) is 10.2. The normalized spacial score (nSPS) is 16.9. The zero-order valence-electron chi connectivity index (χ0n) is 9.61. The fourth-order valence-electron chi connectivity index (χ4n) is 1.58. The van der Waals surface area contributed by atoms with Gasteiger partial charge in [0.15, 0.2) is 0 Å². The summed E-state index contributed by atoms with van der Waals surface area (Å²) in [7, 11) is 0. The summed E-state index contributed by atoms with van der Waals surface area (Å²) < 4.78 is 0. The van der Waals surface area contributed by atoms with Crippen molar-refractivity contribution in [2.24, 2.45) is 0 Å². The highest BCUT2D eigenvalue weighted by Gasteiger charge is 2.25. The molecule has 1 fully saturated rings. The van der Waals surface area contributed by atoms with E-state index in [2.05, 4.69) is 15.5 Å². The number of amides is 2. The quantitative estimate of drug-likeness (QED) is 0.840. The highest BCUT2D eigenvalue weighted by atomic mass is 32.2. The van der Waals surface area contributed by atoms with Gasteiger partial charge in [-0.3, -0.25) is 14.9 Å². The average molecular weight is 272 g/mol. The van der Waals surface area contributed by atoms with Gasteiger partial charge in [-0.2, -0.15) is 9.90 Å². The van der Waals surface area contributed by atoms with Crippen molar-refractivity contribution in [3.8, 4) is 5.69 Å². The minimum atomic E-state index is -0.399. The van der Waals surface area contributed by atoms with Crippen LogP contribution in [0.5, 0.6) is 0 Å². The van der Waals surface area contributed by atoms with Crippen LogP contribution in [0.25, 0.3) is 11.8 Å². The predicted octanol–water partition coefficient (Wildman–Crippen LogP) is 1.59. The number of imide groups is 1. The number of thioether (sulfide) groups is 1. The van der Waals surface area contributed by atoms with Gasteiger partial charge in [0.25, 0.3) is 11.1 Å². The monoisotopic (exact) mass is 272 g/mol. The number of benzene rings is 1. The molecule has 2 heterocycles. The molecule has 94 valence electrons. The molecule has 3 rings (SSSR count). The second kappa shape index (κ2) is 4.69. The maximum Gasteiger partial charge on any atom is 0.290 e. The Hall–Kier alpha value is -2.41. The van der Waals surface area contributed by atoms with E-state index in [1.165, 1.54) is 17.1 Å². The minimum Gasteiger partial charge on any atom is -0.282 e. The van der Waals surface area contributed by atoms with E-state index in [1.807, 2.05) is 30.3 Å². The number of carbonyl (C=O) groups excluding carboxylic acids is 2. The summed E-state index contributed by atoms with van der Waals surface area (Å²) in [6.45, 7) is 0. The summed E-state index contributed by atoms with van der Waals surface area (Å²) in [4.78, 5) is 24.2. The summed E-state index contributed by atoms with van der Waals surface area (Å²) >= 11 is 0.858. The molecule has 1 aliphatic rings. The number of hydrogen-bond acceptors (Lipinski definition) is 5. The van der Waals surface area contributed by atoms with Crippen molar-refractivity contribution >= 4 is 29.0 Å². The molecule has 0 aliphatic carbocycles. The van der Waals surface area contributed by atoms with E-state index in [4.69, 9.17) is 0 Å². The highest BCUT2D eigenvalue weighted by molar-refractivity contribution is 8.18. The van der Waals surface area contributed by atoms with E-state index in [0.29, 0.717) is 10.6 Å². The lowest BCUT2D eigenvalue weighted by molar-refractivity contribution is -0.115. The van der Waals surface area contributed by atoms with E-state index in [-0.39, 0.29) is 5.24 Å². The van der Waals surface area contributed by atoms with Crippen LogP contribution in [0, 0.1) is 0 Å². The first-order valence-electron chi connectivity index (χ1n) is 5.45. The zero-order valence-corrected chi connectivity index (χ0v) is 10.4. The Bertz CT molecular complexity index is 678. The molecule has 1 aliphatic heterocycles. The second-order valence-electron chi connectivity index (χ2n) is 3.75. The molecule has 19 heavy (non-hydrogen) atoms. The first-order chi connectivity index (χ1) is 9.22. The van der Waals surface area contributed by atoms with Gasteiger partial charge in [-0.15, -0.1) is 5.10 Å². The number of nitrogens with zero attached hydrogens (tertiary/aromatic N) is 3. The van der Waals surface area contributed by atoms with Gasteiger partial charge in [0.05, 0.1) is 16.8 Å². The van der Waals surface area contributed by atoms with Crippen LogP contribution in [-0.2, 0) is 4.79 Å². The third-order valence-electron chi connectivity index (χ3n) is 2.42. The molecule has 2 amide bonds. The molecule has 6 nitrogen and oxygen atoms in total. The van der Waals surface area contributed by atoms with Gasteiger partial charge in [0.2, 0.25) is 0 Å². The van der Waals surface area contributed by atoms with Crippen LogP contribution in [0.1, 0.15) is 5.69 Å². The Balaban J connectivity index is 1.89. The van der Waals surface area contributed by atoms with Gasteiger partial charge >= 0.3 is 0 Å². The molecule has 1 N–H and O–H groups in total. The number of rotatable bonds is 2. The van der Waals surface area contributed by atoms with Crippen molar-refractivity contribution in [2.75, 3.05) is 0 Å². The first-order valence-corrected chi connectivity index (χ1v) is 6.27. The molecule has 0 radical (unpaired) electrons. The van der Waals surface area contributed by atoms with E-state index in [0.717, 1.165) is 17.4 Å². The number of para-hydroxylation sites is 1. The molecule has 1 saturated heterocycles. The predicted molar refractivity (Wildman–Crippen MR) is 70.5 cm³/mol. The molecule has 0 spiro atoms. The third kappa shape index (κ3) is 2.41. The summed E-state index contributed by atoms with van der Waals surface area (Å²) in [5.41, 5.74) is 1.35. The average Bonchev–Trinajstić information content (AvgIpc) is 2.99. The van der Waals surface area contributed by atoms with Crippen molar-refractivity contribution in [3.05, 3.63) is 47.1 Å². The Morgan fingerprint density at radius 1 is 1.21 bits per heavy atom. The molecule has 0 saturated carbocycles. The van der Waals surface area contributed by atoms with Crippen molar-refractivity contribution < 1.29 is 9.59 Å². The molecule has 0 atom stereocenters. The molecule has 0 bridgehead atoms. The Morgan fingerprint density at radius 3 is 2.68 bits per heavy atom. The zero-order chi connectivity index (χ0) is 13.2. The van der Waals surface area contributed by atoms with Crippen molar-refractivity contribution in [2.45, 2.75) is 0 Å². The van der Waals surface area contributed by atoms with Gasteiger partial charge < -0.3 is 0 Å². The minimum absolute atomic E-state index is 0.324.